The molecule has 0 amide bonds. The van der Waals surface area contributed by atoms with E-state index in [1.165, 1.54) is 6.33 Å². The number of nitrogens with two attached hydrogens (primary N) is 1. The van der Waals surface area contributed by atoms with Gasteiger partial charge in [0.15, 0.2) is 0 Å². The number of aromatic nitrogens is 2. The first-order valence-corrected chi connectivity index (χ1v) is 5.52. The number of likely N-dealkylation sites (N-methyl/N-ethyl adjacent to an activating group) is 1. The lowest BCUT2D eigenvalue weighted by molar-refractivity contribution is 0.251. The summed E-state index contributed by atoms with van der Waals surface area (Å²) in [6, 6.07) is 0. The van der Waals surface area contributed by atoms with Crippen LogP contribution in [0.25, 0.3) is 0 Å². The third-order valence-electron chi connectivity index (χ3n) is 2.22. The Kier molecular flexibility index (Phi) is 4.98. The second-order valence-corrected chi connectivity index (χ2v) is 3.94. The molecule has 0 aliphatic heterocycles. The molecule has 0 aliphatic carbocycles. The highest BCUT2D eigenvalue weighted by molar-refractivity contribution is 5.44. The molecule has 1 heterocycles. The van der Waals surface area contributed by atoms with E-state index in [0.717, 1.165) is 24.9 Å². The Morgan fingerprint density at radius 1 is 1.38 bits per heavy atom. The molecule has 0 radical (unpaired) electrons. The summed E-state index contributed by atoms with van der Waals surface area (Å²) < 4.78 is 5.61. The maximum Gasteiger partial charge on any atom is 0.221 e. The molecule has 0 saturated carbocycles. The van der Waals surface area contributed by atoms with Crippen molar-refractivity contribution in [1.29, 1.82) is 0 Å². The summed E-state index contributed by atoms with van der Waals surface area (Å²) in [5, 5.41) is 0. The predicted octanol–water partition coefficient (Wildman–Crippen LogP) is 0.952. The highest BCUT2D eigenvalue weighted by Gasteiger charge is 2.09. The topological polar surface area (TPSA) is 64.3 Å². The van der Waals surface area contributed by atoms with E-state index in [4.69, 9.17) is 10.5 Å². The van der Waals surface area contributed by atoms with E-state index >= 15 is 0 Å². The Balaban J connectivity index is 2.66. The van der Waals surface area contributed by atoms with Crippen LogP contribution in [-0.2, 0) is 6.42 Å². The lowest BCUT2D eigenvalue weighted by atomic mass is 10.2. The van der Waals surface area contributed by atoms with Gasteiger partial charge in [-0.25, -0.2) is 9.97 Å². The highest BCUT2D eigenvalue weighted by atomic mass is 16.5. The van der Waals surface area contributed by atoms with Crippen molar-refractivity contribution < 1.29 is 4.74 Å². The molecule has 1 aromatic rings. The number of hydrogen-bond donors (Lipinski definition) is 1. The molecule has 1 aromatic heterocycles. The molecule has 0 aliphatic rings. The molecule has 0 fully saturated rings. The van der Waals surface area contributed by atoms with E-state index in [2.05, 4.69) is 21.8 Å². The summed E-state index contributed by atoms with van der Waals surface area (Å²) in [5.41, 5.74) is 6.72. The van der Waals surface area contributed by atoms with Crippen LogP contribution >= 0.6 is 0 Å². The molecule has 0 saturated heterocycles. The Hall–Kier alpha value is -1.36. The van der Waals surface area contributed by atoms with E-state index in [1.54, 1.807) is 0 Å². The molecular weight excluding hydrogens is 204 g/mol. The molecule has 90 valence electrons. The fourth-order valence-corrected chi connectivity index (χ4v) is 1.34. The van der Waals surface area contributed by atoms with Crippen LogP contribution in [0.2, 0.25) is 0 Å². The maximum absolute atomic E-state index is 5.80. The number of ether oxygens (including phenoxy) is 1. The third-order valence-corrected chi connectivity index (χ3v) is 2.22. The van der Waals surface area contributed by atoms with Gasteiger partial charge < -0.3 is 15.4 Å². The Labute approximate surface area is 96.6 Å². The third kappa shape index (κ3) is 3.66. The molecule has 0 unspecified atom stereocenters. The van der Waals surface area contributed by atoms with Gasteiger partial charge in [-0.1, -0.05) is 13.3 Å². The monoisotopic (exact) mass is 224 g/mol. The molecule has 0 atom stereocenters. The normalized spacial score (nSPS) is 10.8. The van der Waals surface area contributed by atoms with E-state index in [0.29, 0.717) is 18.3 Å². The first-order valence-electron chi connectivity index (χ1n) is 5.52. The average molecular weight is 224 g/mol. The quantitative estimate of drug-likeness (QED) is 0.779. The second kappa shape index (κ2) is 6.27. The summed E-state index contributed by atoms with van der Waals surface area (Å²) in [6.07, 6.45) is 3.30. The van der Waals surface area contributed by atoms with Crippen LogP contribution in [0.5, 0.6) is 5.88 Å². The van der Waals surface area contributed by atoms with Crippen molar-refractivity contribution in [3.05, 3.63) is 11.9 Å². The summed E-state index contributed by atoms with van der Waals surface area (Å²) in [6.45, 7) is 3.56. The second-order valence-electron chi connectivity index (χ2n) is 3.94. The van der Waals surface area contributed by atoms with Crippen LogP contribution in [0.3, 0.4) is 0 Å². The molecule has 5 heteroatoms. The summed E-state index contributed by atoms with van der Waals surface area (Å²) in [4.78, 5) is 10.2. The summed E-state index contributed by atoms with van der Waals surface area (Å²) >= 11 is 0. The van der Waals surface area contributed by atoms with E-state index in [1.807, 2.05) is 14.1 Å². The molecule has 1 rings (SSSR count). The number of hydrogen-bond acceptors (Lipinski definition) is 5. The zero-order chi connectivity index (χ0) is 12.0. The Morgan fingerprint density at radius 2 is 2.12 bits per heavy atom. The predicted molar refractivity (Wildman–Crippen MR) is 64.5 cm³/mol. The van der Waals surface area contributed by atoms with Gasteiger partial charge in [-0.15, -0.1) is 0 Å². The van der Waals surface area contributed by atoms with Crippen molar-refractivity contribution in [3.63, 3.8) is 0 Å². The van der Waals surface area contributed by atoms with Crippen LogP contribution in [-0.4, -0.2) is 42.1 Å². The first kappa shape index (κ1) is 12.7. The average Bonchev–Trinajstić information content (AvgIpc) is 2.22. The minimum absolute atomic E-state index is 0.525. The van der Waals surface area contributed by atoms with E-state index in [9.17, 15) is 0 Å². The molecule has 0 bridgehead atoms. The van der Waals surface area contributed by atoms with Gasteiger partial charge in [0.2, 0.25) is 5.88 Å². The SMILES string of the molecule is CCCc1c(N)ncnc1OCCN(C)C. The van der Waals surface area contributed by atoms with Crippen LogP contribution in [0.4, 0.5) is 5.82 Å². The van der Waals surface area contributed by atoms with E-state index in [-0.39, 0.29) is 0 Å². The Bertz CT molecular complexity index is 328. The van der Waals surface area contributed by atoms with Crippen molar-refractivity contribution in [3.8, 4) is 5.88 Å². The van der Waals surface area contributed by atoms with Crippen molar-refractivity contribution in [1.82, 2.24) is 14.9 Å². The first-order chi connectivity index (χ1) is 7.65. The minimum Gasteiger partial charge on any atom is -0.476 e. The number of nitrogen functional groups attached to an aromatic ring is 1. The van der Waals surface area contributed by atoms with Gasteiger partial charge in [-0.3, -0.25) is 0 Å². The number of anilines is 1. The van der Waals surface area contributed by atoms with Crippen molar-refractivity contribution in [2.45, 2.75) is 19.8 Å². The number of rotatable bonds is 6. The largest absolute Gasteiger partial charge is 0.476 e. The fourth-order valence-electron chi connectivity index (χ4n) is 1.34. The molecule has 0 spiro atoms. The molecule has 0 aromatic carbocycles. The fraction of sp³-hybridized carbons (Fsp3) is 0.636. The van der Waals surface area contributed by atoms with Gasteiger partial charge in [0.1, 0.15) is 18.8 Å². The highest BCUT2D eigenvalue weighted by Crippen LogP contribution is 2.20. The van der Waals surface area contributed by atoms with Crippen LogP contribution in [0.1, 0.15) is 18.9 Å². The van der Waals surface area contributed by atoms with Gasteiger partial charge in [0.05, 0.1) is 5.56 Å². The lowest BCUT2D eigenvalue weighted by Crippen LogP contribution is -2.20. The van der Waals surface area contributed by atoms with Crippen molar-refractivity contribution in [2.24, 2.45) is 0 Å². The standard InChI is InChI=1S/C11H20N4O/c1-4-5-9-10(12)13-8-14-11(9)16-7-6-15(2)3/h8H,4-7H2,1-3H3,(H2,12,13,14). The van der Waals surface area contributed by atoms with Crippen LogP contribution < -0.4 is 10.5 Å². The molecular formula is C11H20N4O. The zero-order valence-electron chi connectivity index (χ0n) is 10.2. The summed E-state index contributed by atoms with van der Waals surface area (Å²) in [5.74, 6) is 1.15. The smallest absolute Gasteiger partial charge is 0.221 e. The van der Waals surface area contributed by atoms with Crippen LogP contribution in [0.15, 0.2) is 6.33 Å². The maximum atomic E-state index is 5.80. The van der Waals surface area contributed by atoms with Gasteiger partial charge in [-0.2, -0.15) is 0 Å². The van der Waals surface area contributed by atoms with Gasteiger partial charge in [-0.05, 0) is 20.5 Å². The molecule has 5 nitrogen and oxygen atoms in total. The van der Waals surface area contributed by atoms with Crippen molar-refractivity contribution in [2.75, 3.05) is 33.0 Å². The molecule has 2 N–H and O–H groups in total. The van der Waals surface area contributed by atoms with Gasteiger partial charge in [0.25, 0.3) is 0 Å². The lowest BCUT2D eigenvalue weighted by Gasteiger charge is -2.13. The molecule has 16 heavy (non-hydrogen) atoms. The zero-order valence-corrected chi connectivity index (χ0v) is 10.2. The summed E-state index contributed by atoms with van der Waals surface area (Å²) in [7, 11) is 4.01. The van der Waals surface area contributed by atoms with Gasteiger partial charge >= 0.3 is 0 Å². The number of nitrogens with zero attached hydrogens (tertiary/aromatic N) is 3. The van der Waals surface area contributed by atoms with Crippen molar-refractivity contribution >= 4 is 5.82 Å². The van der Waals surface area contributed by atoms with Crippen LogP contribution in [0, 0.1) is 0 Å². The van der Waals surface area contributed by atoms with Gasteiger partial charge in [0, 0.05) is 6.54 Å². The minimum atomic E-state index is 0.525. The van der Waals surface area contributed by atoms with E-state index < -0.39 is 0 Å². The Morgan fingerprint density at radius 3 is 2.75 bits per heavy atom.